The van der Waals surface area contributed by atoms with E-state index in [1.54, 1.807) is 0 Å². The van der Waals surface area contributed by atoms with Crippen molar-refractivity contribution in [2.75, 3.05) is 24.5 Å². The van der Waals surface area contributed by atoms with Gasteiger partial charge in [0, 0.05) is 23.8 Å². The van der Waals surface area contributed by atoms with E-state index in [0.29, 0.717) is 6.54 Å². The average Bonchev–Trinajstić information content (AvgIpc) is 2.80. The van der Waals surface area contributed by atoms with Gasteiger partial charge in [-0.3, -0.25) is 0 Å². The second-order valence-corrected chi connectivity index (χ2v) is 5.26. The van der Waals surface area contributed by atoms with Crippen LogP contribution in [-0.2, 0) is 6.42 Å². The molecule has 2 nitrogen and oxygen atoms in total. The quantitative estimate of drug-likeness (QED) is 0.893. The Morgan fingerprint density at radius 3 is 2.94 bits per heavy atom. The second kappa shape index (κ2) is 5.74. The van der Waals surface area contributed by atoms with Crippen LogP contribution in [0.4, 0.5) is 5.69 Å². The summed E-state index contributed by atoms with van der Waals surface area (Å²) < 4.78 is 0. The molecule has 0 radical (unpaired) electrons. The average molecular weight is 253 g/mol. The van der Waals surface area contributed by atoms with Crippen LogP contribution in [0, 0.1) is 5.92 Å². The van der Waals surface area contributed by atoms with Crippen LogP contribution in [0.25, 0.3) is 0 Å². The third kappa shape index (κ3) is 2.93. The maximum Gasteiger partial charge on any atom is 0.0426 e. The molecule has 1 unspecified atom stereocenters. The summed E-state index contributed by atoms with van der Waals surface area (Å²) >= 11 is 6.11. The number of anilines is 1. The lowest BCUT2D eigenvalue weighted by Gasteiger charge is -2.22. The molecule has 2 rings (SSSR count). The van der Waals surface area contributed by atoms with Gasteiger partial charge in [0.25, 0.3) is 0 Å². The van der Waals surface area contributed by atoms with Gasteiger partial charge >= 0.3 is 0 Å². The Labute approximate surface area is 109 Å². The lowest BCUT2D eigenvalue weighted by molar-refractivity contribution is 0.569. The Balaban J connectivity index is 2.21. The Hall–Kier alpha value is -0.730. The Kier molecular flexibility index (Phi) is 4.30. The van der Waals surface area contributed by atoms with Crippen LogP contribution in [0.5, 0.6) is 0 Å². The lowest BCUT2D eigenvalue weighted by Crippen LogP contribution is -2.21. The molecule has 1 aromatic rings. The third-order valence-electron chi connectivity index (χ3n) is 3.66. The normalized spacial score (nSPS) is 19.9. The number of nitrogens with two attached hydrogens (primary N) is 1. The van der Waals surface area contributed by atoms with Crippen molar-refractivity contribution in [2.45, 2.75) is 26.2 Å². The summed E-state index contributed by atoms with van der Waals surface area (Å²) in [7, 11) is 0. The zero-order chi connectivity index (χ0) is 12.3. The van der Waals surface area contributed by atoms with Gasteiger partial charge in [-0.25, -0.2) is 0 Å². The van der Waals surface area contributed by atoms with E-state index < -0.39 is 0 Å². The zero-order valence-electron chi connectivity index (χ0n) is 10.5. The number of hydrogen-bond acceptors (Lipinski definition) is 2. The van der Waals surface area contributed by atoms with Gasteiger partial charge in [-0.15, -0.1) is 0 Å². The number of hydrogen-bond donors (Lipinski definition) is 1. The molecule has 1 saturated heterocycles. The molecule has 17 heavy (non-hydrogen) atoms. The molecule has 0 saturated carbocycles. The minimum absolute atomic E-state index is 0.694. The van der Waals surface area contributed by atoms with Crippen LogP contribution < -0.4 is 10.6 Å². The van der Waals surface area contributed by atoms with E-state index in [2.05, 4.69) is 24.0 Å². The van der Waals surface area contributed by atoms with Crippen molar-refractivity contribution in [3.63, 3.8) is 0 Å². The lowest BCUT2D eigenvalue weighted by atomic mass is 10.1. The van der Waals surface area contributed by atoms with Crippen molar-refractivity contribution >= 4 is 17.3 Å². The molecule has 0 spiro atoms. The molecule has 1 heterocycles. The molecule has 1 fully saturated rings. The van der Waals surface area contributed by atoms with Crippen LogP contribution in [0.2, 0.25) is 5.02 Å². The molecule has 1 aliphatic heterocycles. The molecule has 1 atom stereocenters. The van der Waals surface area contributed by atoms with Crippen molar-refractivity contribution in [3.8, 4) is 0 Å². The fourth-order valence-corrected chi connectivity index (χ4v) is 2.75. The highest BCUT2D eigenvalue weighted by Gasteiger charge is 2.22. The summed E-state index contributed by atoms with van der Waals surface area (Å²) in [5.41, 5.74) is 8.29. The van der Waals surface area contributed by atoms with Gasteiger partial charge in [-0.05, 0) is 43.0 Å². The smallest absolute Gasteiger partial charge is 0.0426 e. The minimum atomic E-state index is 0.694. The molecule has 94 valence electrons. The molecule has 1 aromatic carbocycles. The van der Waals surface area contributed by atoms with Crippen molar-refractivity contribution < 1.29 is 0 Å². The molecule has 1 aliphatic rings. The Morgan fingerprint density at radius 1 is 1.47 bits per heavy atom. The SMILES string of the molecule is CCC1CCN(c2cc(Cl)ccc2CCN)C1. The summed E-state index contributed by atoms with van der Waals surface area (Å²) in [6.07, 6.45) is 3.49. The highest BCUT2D eigenvalue weighted by molar-refractivity contribution is 6.30. The maximum atomic E-state index is 6.11. The first-order valence-corrected chi connectivity index (χ1v) is 6.85. The van der Waals surface area contributed by atoms with Gasteiger partial charge in [0.1, 0.15) is 0 Å². The topological polar surface area (TPSA) is 29.3 Å². The number of halogens is 1. The third-order valence-corrected chi connectivity index (χ3v) is 3.90. The van der Waals surface area contributed by atoms with Crippen LogP contribution in [0.15, 0.2) is 18.2 Å². The maximum absolute atomic E-state index is 6.11. The molecule has 0 bridgehead atoms. The second-order valence-electron chi connectivity index (χ2n) is 4.82. The molecule has 0 aliphatic carbocycles. The molecule has 0 amide bonds. The van der Waals surface area contributed by atoms with Crippen molar-refractivity contribution in [1.82, 2.24) is 0 Å². The standard InChI is InChI=1S/C14H21ClN2/c1-2-11-6-8-17(10-11)14-9-13(15)4-3-12(14)5-7-16/h3-4,9,11H,2,5-8,10,16H2,1H3. The van der Waals surface area contributed by atoms with Gasteiger partial charge in [0.05, 0.1) is 0 Å². The summed E-state index contributed by atoms with van der Waals surface area (Å²) in [5, 5.41) is 0.820. The first-order valence-electron chi connectivity index (χ1n) is 6.48. The fraction of sp³-hybridized carbons (Fsp3) is 0.571. The monoisotopic (exact) mass is 252 g/mol. The predicted molar refractivity (Wildman–Crippen MR) is 74.8 cm³/mol. The van der Waals surface area contributed by atoms with Gasteiger partial charge in [0.15, 0.2) is 0 Å². The van der Waals surface area contributed by atoms with E-state index in [4.69, 9.17) is 17.3 Å². The van der Waals surface area contributed by atoms with Crippen molar-refractivity contribution in [1.29, 1.82) is 0 Å². The van der Waals surface area contributed by atoms with Crippen LogP contribution >= 0.6 is 11.6 Å². The highest BCUT2D eigenvalue weighted by Crippen LogP contribution is 2.30. The van der Waals surface area contributed by atoms with E-state index in [9.17, 15) is 0 Å². The summed E-state index contributed by atoms with van der Waals surface area (Å²) in [6, 6.07) is 6.16. The molecule has 0 aromatic heterocycles. The van der Waals surface area contributed by atoms with E-state index in [0.717, 1.165) is 30.5 Å². The largest absolute Gasteiger partial charge is 0.371 e. The van der Waals surface area contributed by atoms with Crippen molar-refractivity contribution in [2.24, 2.45) is 11.7 Å². The predicted octanol–water partition coefficient (Wildman–Crippen LogP) is 3.08. The zero-order valence-corrected chi connectivity index (χ0v) is 11.2. The van der Waals surface area contributed by atoms with Crippen molar-refractivity contribution in [3.05, 3.63) is 28.8 Å². The first-order chi connectivity index (χ1) is 8.24. The van der Waals surface area contributed by atoms with Gasteiger partial charge < -0.3 is 10.6 Å². The number of benzene rings is 1. The summed E-state index contributed by atoms with van der Waals surface area (Å²) in [6.45, 7) is 5.28. The Morgan fingerprint density at radius 2 is 2.29 bits per heavy atom. The minimum Gasteiger partial charge on any atom is -0.371 e. The van der Waals surface area contributed by atoms with Crippen LogP contribution in [-0.4, -0.2) is 19.6 Å². The van der Waals surface area contributed by atoms with Crippen LogP contribution in [0.3, 0.4) is 0 Å². The number of nitrogens with zero attached hydrogens (tertiary/aromatic N) is 1. The summed E-state index contributed by atoms with van der Waals surface area (Å²) in [5.74, 6) is 0.833. The molecular weight excluding hydrogens is 232 g/mol. The summed E-state index contributed by atoms with van der Waals surface area (Å²) in [4.78, 5) is 2.46. The molecule has 3 heteroatoms. The first kappa shape index (κ1) is 12.7. The van der Waals surface area contributed by atoms with E-state index in [1.807, 2.05) is 6.07 Å². The highest BCUT2D eigenvalue weighted by atomic mass is 35.5. The number of rotatable bonds is 4. The fourth-order valence-electron chi connectivity index (χ4n) is 2.58. The van der Waals surface area contributed by atoms with Gasteiger partial charge in [-0.1, -0.05) is 31.0 Å². The Bertz CT molecular complexity index is 378. The molecular formula is C14H21ClN2. The van der Waals surface area contributed by atoms with Crippen LogP contribution in [0.1, 0.15) is 25.3 Å². The van der Waals surface area contributed by atoms with Gasteiger partial charge in [-0.2, -0.15) is 0 Å². The van der Waals surface area contributed by atoms with Gasteiger partial charge in [0.2, 0.25) is 0 Å². The molecule has 2 N–H and O–H groups in total. The van der Waals surface area contributed by atoms with E-state index in [1.165, 1.54) is 24.1 Å². The van der Waals surface area contributed by atoms with E-state index in [-0.39, 0.29) is 0 Å². The van der Waals surface area contributed by atoms with E-state index >= 15 is 0 Å².